The van der Waals surface area contributed by atoms with Crippen LogP contribution in [-0.2, 0) is 26.2 Å². The smallest absolute Gasteiger partial charge is 0.265 e. The van der Waals surface area contributed by atoms with Crippen molar-refractivity contribution >= 4 is 38.3 Å². The summed E-state index contributed by atoms with van der Waals surface area (Å²) in [7, 11) is -3.67. The topological polar surface area (TPSA) is 86.8 Å². The Morgan fingerprint density at radius 2 is 1.73 bits per heavy atom. The van der Waals surface area contributed by atoms with E-state index >= 15 is 0 Å². The molecule has 0 saturated carbocycles. The van der Waals surface area contributed by atoms with Gasteiger partial charge in [-0.1, -0.05) is 61.0 Å². The van der Waals surface area contributed by atoms with E-state index in [1.165, 1.54) is 4.31 Å². The van der Waals surface area contributed by atoms with Gasteiger partial charge in [0.15, 0.2) is 0 Å². The summed E-state index contributed by atoms with van der Waals surface area (Å²) in [6, 6.07) is 18.1. The number of carbonyl (C=O) groups excluding carboxylic acids is 2. The van der Waals surface area contributed by atoms with Gasteiger partial charge in [-0.25, -0.2) is 8.42 Å². The van der Waals surface area contributed by atoms with Crippen LogP contribution in [0.3, 0.4) is 0 Å². The third kappa shape index (κ3) is 5.49. The van der Waals surface area contributed by atoms with Crippen molar-refractivity contribution in [1.29, 1.82) is 0 Å². The van der Waals surface area contributed by atoms with Crippen LogP contribution in [0.25, 0.3) is 10.8 Å². The van der Waals surface area contributed by atoms with Gasteiger partial charge in [0.2, 0.25) is 11.8 Å². The van der Waals surface area contributed by atoms with Crippen LogP contribution >= 0.6 is 0 Å². The molecule has 7 nitrogen and oxygen atoms in total. The zero-order chi connectivity index (χ0) is 26.7. The molecule has 4 rings (SSSR count). The van der Waals surface area contributed by atoms with Crippen molar-refractivity contribution in [3.05, 3.63) is 71.8 Å². The molecule has 0 aromatic heterocycles. The third-order valence-corrected chi connectivity index (χ3v) is 8.89. The van der Waals surface area contributed by atoms with E-state index in [2.05, 4.69) is 5.32 Å². The van der Waals surface area contributed by atoms with Crippen molar-refractivity contribution in [3.8, 4) is 0 Å². The molecular weight excluding hydrogens is 486 g/mol. The molecule has 0 fully saturated rings. The summed E-state index contributed by atoms with van der Waals surface area (Å²) in [5.74, 6) is -0.375. The first-order valence-corrected chi connectivity index (χ1v) is 14.3. The normalized spacial score (nSPS) is 15.4. The molecule has 8 heteroatoms. The van der Waals surface area contributed by atoms with Gasteiger partial charge < -0.3 is 10.2 Å². The molecule has 2 amide bonds. The monoisotopic (exact) mass is 521 g/mol. The van der Waals surface area contributed by atoms with Gasteiger partial charge in [0.05, 0.1) is 10.6 Å². The van der Waals surface area contributed by atoms with Crippen LogP contribution in [0.2, 0.25) is 0 Å². The van der Waals surface area contributed by atoms with Crippen molar-refractivity contribution in [1.82, 2.24) is 10.2 Å². The van der Waals surface area contributed by atoms with Crippen molar-refractivity contribution in [2.24, 2.45) is 0 Å². The Labute approximate surface area is 219 Å². The van der Waals surface area contributed by atoms with E-state index in [4.69, 9.17) is 0 Å². The van der Waals surface area contributed by atoms with Crippen molar-refractivity contribution in [2.75, 3.05) is 10.8 Å². The number of hydrogen-bond donors (Lipinski definition) is 1. The molecule has 3 aromatic carbocycles. The highest BCUT2D eigenvalue weighted by Gasteiger charge is 2.35. The van der Waals surface area contributed by atoms with E-state index in [-0.39, 0.29) is 30.8 Å². The SMILES string of the molecule is CCC(C)NC(=O)C(C)N(Cc1cccc(C)c1)C(=O)CCCN1c2cccc3cccc(c23)S1(=O)=O. The van der Waals surface area contributed by atoms with E-state index in [1.54, 1.807) is 24.0 Å². The van der Waals surface area contributed by atoms with Gasteiger partial charge in [0, 0.05) is 30.9 Å². The van der Waals surface area contributed by atoms with Crippen LogP contribution in [0.15, 0.2) is 65.6 Å². The second kappa shape index (κ2) is 10.9. The highest BCUT2D eigenvalue weighted by Crippen LogP contribution is 2.42. The number of nitrogens with one attached hydrogen (secondary N) is 1. The molecule has 1 aliphatic rings. The Bertz CT molecular complexity index is 1410. The number of anilines is 1. The molecular formula is C29H35N3O4S. The second-order valence-electron chi connectivity index (χ2n) is 9.82. The zero-order valence-electron chi connectivity index (χ0n) is 21.9. The standard InChI is InChI=1S/C29H35N3O4S/c1-5-21(3)30-29(34)22(4)31(19-23-11-6-10-20(2)18-23)27(33)16-9-17-32-25-14-7-12-24-13-8-15-26(28(24)25)37(32,35)36/h6-8,10-15,18,21-22H,5,9,16-17,19H2,1-4H3,(H,30,34). The predicted octanol–water partition coefficient (Wildman–Crippen LogP) is 4.77. The molecule has 0 spiro atoms. The first-order valence-electron chi connectivity index (χ1n) is 12.8. The van der Waals surface area contributed by atoms with E-state index in [0.717, 1.165) is 28.3 Å². The number of sulfonamides is 1. The van der Waals surface area contributed by atoms with Gasteiger partial charge in [-0.15, -0.1) is 0 Å². The van der Waals surface area contributed by atoms with Gasteiger partial charge in [-0.05, 0) is 56.7 Å². The largest absolute Gasteiger partial charge is 0.352 e. The average Bonchev–Trinajstić information content (AvgIpc) is 3.09. The van der Waals surface area contributed by atoms with E-state index in [1.807, 2.05) is 69.3 Å². The van der Waals surface area contributed by atoms with Gasteiger partial charge >= 0.3 is 0 Å². The Morgan fingerprint density at radius 1 is 1.03 bits per heavy atom. The van der Waals surface area contributed by atoms with Crippen molar-refractivity contribution < 1.29 is 18.0 Å². The number of benzene rings is 3. The van der Waals surface area contributed by atoms with Crippen LogP contribution in [0.5, 0.6) is 0 Å². The molecule has 37 heavy (non-hydrogen) atoms. The fraction of sp³-hybridized carbons (Fsp3) is 0.379. The number of nitrogens with zero attached hydrogens (tertiary/aromatic N) is 2. The minimum Gasteiger partial charge on any atom is -0.352 e. The molecule has 196 valence electrons. The second-order valence-corrected chi connectivity index (χ2v) is 11.6. The lowest BCUT2D eigenvalue weighted by Crippen LogP contribution is -2.49. The zero-order valence-corrected chi connectivity index (χ0v) is 22.7. The van der Waals surface area contributed by atoms with Crippen molar-refractivity contribution in [3.63, 3.8) is 0 Å². The maximum Gasteiger partial charge on any atom is 0.265 e. The number of hydrogen-bond acceptors (Lipinski definition) is 4. The van der Waals surface area contributed by atoms with Gasteiger partial charge in [0.1, 0.15) is 6.04 Å². The number of aryl methyl sites for hydroxylation is 1. The van der Waals surface area contributed by atoms with Crippen LogP contribution in [-0.4, -0.2) is 43.8 Å². The van der Waals surface area contributed by atoms with Gasteiger partial charge in [-0.2, -0.15) is 0 Å². The fourth-order valence-electron chi connectivity index (χ4n) is 4.77. The molecule has 1 heterocycles. The Morgan fingerprint density at radius 3 is 2.43 bits per heavy atom. The molecule has 0 aliphatic carbocycles. The van der Waals surface area contributed by atoms with Gasteiger partial charge in [-0.3, -0.25) is 13.9 Å². The Hall–Kier alpha value is -3.39. The molecule has 0 radical (unpaired) electrons. The summed E-state index contributed by atoms with van der Waals surface area (Å²) < 4.78 is 27.9. The van der Waals surface area contributed by atoms with Crippen molar-refractivity contribution in [2.45, 2.75) is 70.5 Å². The quantitative estimate of drug-likeness (QED) is 0.416. The summed E-state index contributed by atoms with van der Waals surface area (Å²) in [5, 5.41) is 4.58. The highest BCUT2D eigenvalue weighted by molar-refractivity contribution is 7.93. The average molecular weight is 522 g/mol. The maximum atomic E-state index is 13.5. The number of carbonyl (C=O) groups is 2. The Kier molecular flexibility index (Phi) is 7.87. The lowest BCUT2D eigenvalue weighted by atomic mass is 10.1. The molecule has 0 saturated heterocycles. The third-order valence-electron chi connectivity index (χ3n) is 7.04. The molecule has 1 N–H and O–H groups in total. The number of rotatable bonds is 10. The summed E-state index contributed by atoms with van der Waals surface area (Å²) in [6.45, 7) is 8.16. The molecule has 2 atom stereocenters. The molecule has 3 aromatic rings. The van der Waals surface area contributed by atoms with Crippen LogP contribution in [0, 0.1) is 6.92 Å². The first-order chi connectivity index (χ1) is 17.6. The lowest BCUT2D eigenvalue weighted by Gasteiger charge is -2.30. The van der Waals surface area contributed by atoms with Gasteiger partial charge in [0.25, 0.3) is 10.0 Å². The van der Waals surface area contributed by atoms with E-state index in [0.29, 0.717) is 23.5 Å². The predicted molar refractivity (Wildman–Crippen MR) is 147 cm³/mol. The minimum absolute atomic E-state index is 0.00980. The molecule has 2 unspecified atom stereocenters. The molecule has 0 bridgehead atoms. The highest BCUT2D eigenvalue weighted by atomic mass is 32.2. The minimum atomic E-state index is -3.67. The molecule has 1 aliphatic heterocycles. The van der Waals surface area contributed by atoms with Crippen LogP contribution < -0.4 is 9.62 Å². The summed E-state index contributed by atoms with van der Waals surface area (Å²) in [6.07, 6.45) is 1.27. The van der Waals surface area contributed by atoms with Crippen LogP contribution in [0.4, 0.5) is 5.69 Å². The summed E-state index contributed by atoms with van der Waals surface area (Å²) in [5.41, 5.74) is 2.67. The van der Waals surface area contributed by atoms with E-state index < -0.39 is 16.1 Å². The maximum absolute atomic E-state index is 13.5. The fourth-order valence-corrected chi connectivity index (χ4v) is 6.52. The summed E-state index contributed by atoms with van der Waals surface area (Å²) >= 11 is 0. The number of amides is 2. The van der Waals surface area contributed by atoms with Crippen LogP contribution in [0.1, 0.15) is 51.2 Å². The Balaban J connectivity index is 1.50. The summed E-state index contributed by atoms with van der Waals surface area (Å²) in [4.78, 5) is 28.3. The lowest BCUT2D eigenvalue weighted by molar-refractivity contribution is -0.140. The van der Waals surface area contributed by atoms with E-state index in [9.17, 15) is 18.0 Å². The first kappa shape index (κ1) is 26.7.